The normalized spacial score (nSPS) is 15.3. The molecule has 0 spiro atoms. The number of nitrogens with one attached hydrogen (secondary N) is 1. The summed E-state index contributed by atoms with van der Waals surface area (Å²) in [6, 6.07) is 15.8. The van der Waals surface area contributed by atoms with Gasteiger partial charge in [-0.05, 0) is 56.0 Å². The maximum absolute atomic E-state index is 12.9. The minimum atomic E-state index is 0.106. The second kappa shape index (κ2) is 7.48. The Bertz CT molecular complexity index is 1140. The SMILES string of the molecule is Cc1[nH]c(C(=O)N2CCCC2)c(C)c1C1=Nc2cc(Oc3ccccc3)ccc2C1. The van der Waals surface area contributed by atoms with Gasteiger partial charge in [0.2, 0.25) is 0 Å². The Balaban J connectivity index is 1.43. The fourth-order valence-electron chi connectivity index (χ4n) is 4.47. The highest BCUT2D eigenvalue weighted by molar-refractivity contribution is 6.10. The van der Waals surface area contributed by atoms with Crippen LogP contribution in [0.2, 0.25) is 0 Å². The number of likely N-dealkylation sites (tertiary alicyclic amines) is 1. The number of nitrogens with zero attached hydrogens (tertiary/aromatic N) is 2. The van der Waals surface area contributed by atoms with Crippen molar-refractivity contribution in [3.05, 3.63) is 76.6 Å². The number of carbonyl (C=O) groups is 1. The number of aliphatic imine (C=N–C) groups is 1. The van der Waals surface area contributed by atoms with Crippen molar-refractivity contribution in [1.82, 2.24) is 9.88 Å². The number of benzene rings is 2. The van der Waals surface area contributed by atoms with Crippen LogP contribution in [0.4, 0.5) is 5.69 Å². The van der Waals surface area contributed by atoms with Gasteiger partial charge in [-0.1, -0.05) is 24.3 Å². The van der Waals surface area contributed by atoms with Crippen LogP contribution in [0.15, 0.2) is 53.5 Å². The monoisotopic (exact) mass is 399 g/mol. The van der Waals surface area contributed by atoms with E-state index < -0.39 is 0 Å². The smallest absolute Gasteiger partial charge is 0.270 e. The lowest BCUT2D eigenvalue weighted by Crippen LogP contribution is -2.28. The molecule has 0 saturated carbocycles. The van der Waals surface area contributed by atoms with Crippen LogP contribution in [0.25, 0.3) is 0 Å². The molecule has 152 valence electrons. The van der Waals surface area contributed by atoms with Gasteiger partial charge in [-0.3, -0.25) is 9.79 Å². The fraction of sp³-hybridized carbons (Fsp3) is 0.280. The molecular formula is C25H25N3O2. The zero-order valence-corrected chi connectivity index (χ0v) is 17.4. The molecule has 0 unspecified atom stereocenters. The number of aromatic nitrogens is 1. The predicted molar refractivity (Wildman–Crippen MR) is 118 cm³/mol. The molecule has 3 heterocycles. The molecule has 0 bridgehead atoms. The van der Waals surface area contributed by atoms with E-state index in [1.807, 2.05) is 61.2 Å². The van der Waals surface area contributed by atoms with Gasteiger partial charge >= 0.3 is 0 Å². The third-order valence-corrected chi connectivity index (χ3v) is 5.98. The summed E-state index contributed by atoms with van der Waals surface area (Å²) in [6.07, 6.45) is 2.94. The molecule has 1 amide bonds. The Morgan fingerprint density at radius 1 is 1.03 bits per heavy atom. The number of para-hydroxylation sites is 1. The standard InChI is InChI=1S/C25H25N3O2/c1-16-23(17(2)26-24(16)25(29)28-12-6-7-13-28)22-14-18-10-11-20(15-21(18)27-22)30-19-8-4-3-5-9-19/h3-5,8-11,15,26H,6-7,12-14H2,1-2H3. The molecule has 2 aliphatic rings. The van der Waals surface area contributed by atoms with Crippen LogP contribution < -0.4 is 4.74 Å². The summed E-state index contributed by atoms with van der Waals surface area (Å²) in [5, 5.41) is 0. The van der Waals surface area contributed by atoms with Crippen molar-refractivity contribution in [3.63, 3.8) is 0 Å². The first-order valence-electron chi connectivity index (χ1n) is 10.5. The van der Waals surface area contributed by atoms with E-state index in [2.05, 4.69) is 11.1 Å². The Hall–Kier alpha value is -3.34. The Kier molecular flexibility index (Phi) is 4.66. The summed E-state index contributed by atoms with van der Waals surface area (Å²) in [7, 11) is 0. The van der Waals surface area contributed by atoms with Gasteiger partial charge in [0.05, 0.1) is 11.4 Å². The van der Waals surface area contributed by atoms with E-state index in [9.17, 15) is 4.79 Å². The Morgan fingerprint density at radius 2 is 1.80 bits per heavy atom. The van der Waals surface area contributed by atoms with E-state index in [1.54, 1.807) is 0 Å². The van der Waals surface area contributed by atoms with Crippen LogP contribution >= 0.6 is 0 Å². The predicted octanol–water partition coefficient (Wildman–Crippen LogP) is 5.34. The number of aryl methyl sites for hydroxylation is 1. The summed E-state index contributed by atoms with van der Waals surface area (Å²) >= 11 is 0. The van der Waals surface area contributed by atoms with Crippen molar-refractivity contribution in [2.45, 2.75) is 33.1 Å². The summed E-state index contributed by atoms with van der Waals surface area (Å²) in [5.74, 6) is 1.69. The van der Waals surface area contributed by atoms with Crippen LogP contribution in [-0.4, -0.2) is 34.6 Å². The molecule has 2 aliphatic heterocycles. The molecular weight excluding hydrogens is 374 g/mol. The number of carbonyl (C=O) groups excluding carboxylic acids is 1. The van der Waals surface area contributed by atoms with E-state index in [4.69, 9.17) is 9.73 Å². The van der Waals surface area contributed by atoms with Crippen LogP contribution in [-0.2, 0) is 6.42 Å². The van der Waals surface area contributed by atoms with Crippen molar-refractivity contribution in [2.75, 3.05) is 13.1 Å². The number of hydrogen-bond acceptors (Lipinski definition) is 3. The van der Waals surface area contributed by atoms with E-state index in [0.717, 1.165) is 72.1 Å². The van der Waals surface area contributed by atoms with Crippen LogP contribution in [0.1, 0.15) is 45.7 Å². The number of amides is 1. The highest BCUT2D eigenvalue weighted by Crippen LogP contribution is 2.35. The van der Waals surface area contributed by atoms with Gasteiger partial charge in [-0.15, -0.1) is 0 Å². The van der Waals surface area contributed by atoms with Gasteiger partial charge in [-0.2, -0.15) is 0 Å². The lowest BCUT2D eigenvalue weighted by Gasteiger charge is -2.14. The third kappa shape index (κ3) is 3.30. The van der Waals surface area contributed by atoms with E-state index >= 15 is 0 Å². The maximum Gasteiger partial charge on any atom is 0.270 e. The molecule has 1 N–H and O–H groups in total. The number of aromatic amines is 1. The average Bonchev–Trinajstić information content (AvgIpc) is 3.47. The Morgan fingerprint density at radius 3 is 2.57 bits per heavy atom. The van der Waals surface area contributed by atoms with Crippen molar-refractivity contribution in [1.29, 1.82) is 0 Å². The molecule has 5 rings (SSSR count). The van der Waals surface area contributed by atoms with Crippen LogP contribution in [0.5, 0.6) is 11.5 Å². The largest absolute Gasteiger partial charge is 0.457 e. The van der Waals surface area contributed by atoms with Gasteiger partial charge < -0.3 is 14.6 Å². The minimum Gasteiger partial charge on any atom is -0.457 e. The van der Waals surface area contributed by atoms with Crippen LogP contribution in [0, 0.1) is 13.8 Å². The molecule has 5 nitrogen and oxygen atoms in total. The molecule has 5 heteroatoms. The van der Waals surface area contributed by atoms with Crippen molar-refractivity contribution >= 4 is 17.3 Å². The lowest BCUT2D eigenvalue weighted by atomic mass is 10.0. The van der Waals surface area contributed by atoms with E-state index in [-0.39, 0.29) is 5.91 Å². The van der Waals surface area contributed by atoms with Crippen molar-refractivity contribution in [3.8, 4) is 11.5 Å². The summed E-state index contributed by atoms with van der Waals surface area (Å²) in [4.78, 5) is 23.1. The highest BCUT2D eigenvalue weighted by atomic mass is 16.5. The fourth-order valence-corrected chi connectivity index (χ4v) is 4.47. The molecule has 1 aromatic heterocycles. The van der Waals surface area contributed by atoms with Crippen LogP contribution in [0.3, 0.4) is 0 Å². The number of H-pyrrole nitrogens is 1. The molecule has 0 aliphatic carbocycles. The molecule has 0 atom stereocenters. The number of hydrogen-bond donors (Lipinski definition) is 1. The zero-order chi connectivity index (χ0) is 20.7. The molecule has 30 heavy (non-hydrogen) atoms. The molecule has 0 radical (unpaired) electrons. The van der Waals surface area contributed by atoms with E-state index in [0.29, 0.717) is 5.69 Å². The van der Waals surface area contributed by atoms with Gasteiger partial charge in [0, 0.05) is 36.8 Å². The van der Waals surface area contributed by atoms with Gasteiger partial charge in [0.25, 0.3) is 5.91 Å². The maximum atomic E-state index is 12.9. The van der Waals surface area contributed by atoms with Gasteiger partial charge in [-0.25, -0.2) is 0 Å². The van der Waals surface area contributed by atoms with Gasteiger partial charge in [0.1, 0.15) is 17.2 Å². The minimum absolute atomic E-state index is 0.106. The quantitative estimate of drug-likeness (QED) is 0.644. The first kappa shape index (κ1) is 18.7. The first-order valence-corrected chi connectivity index (χ1v) is 10.5. The molecule has 2 aromatic carbocycles. The Labute approximate surface area is 176 Å². The molecule has 1 saturated heterocycles. The van der Waals surface area contributed by atoms with Crippen molar-refractivity contribution < 1.29 is 9.53 Å². The zero-order valence-electron chi connectivity index (χ0n) is 17.4. The molecule has 3 aromatic rings. The van der Waals surface area contributed by atoms with E-state index in [1.165, 1.54) is 5.56 Å². The summed E-state index contributed by atoms with van der Waals surface area (Å²) < 4.78 is 5.96. The average molecular weight is 399 g/mol. The van der Waals surface area contributed by atoms with Crippen molar-refractivity contribution in [2.24, 2.45) is 4.99 Å². The third-order valence-electron chi connectivity index (χ3n) is 5.98. The first-order chi connectivity index (χ1) is 14.6. The second-order valence-corrected chi connectivity index (χ2v) is 8.07. The number of rotatable bonds is 4. The second-order valence-electron chi connectivity index (χ2n) is 8.07. The summed E-state index contributed by atoms with van der Waals surface area (Å²) in [6.45, 7) is 5.75. The molecule has 1 fully saturated rings. The summed E-state index contributed by atoms with van der Waals surface area (Å²) in [5.41, 5.74) is 6.90. The number of ether oxygens (including phenoxy) is 1. The van der Waals surface area contributed by atoms with Gasteiger partial charge in [0.15, 0.2) is 0 Å². The lowest BCUT2D eigenvalue weighted by molar-refractivity contribution is 0.0787. The topological polar surface area (TPSA) is 57.7 Å². The number of fused-ring (bicyclic) bond motifs is 1. The highest BCUT2D eigenvalue weighted by Gasteiger charge is 2.27.